The van der Waals surface area contributed by atoms with Crippen LogP contribution in [0.1, 0.15) is 32.6 Å². The highest BCUT2D eigenvalue weighted by molar-refractivity contribution is 5.97. The van der Waals surface area contributed by atoms with Crippen molar-refractivity contribution in [1.29, 1.82) is 0 Å². The number of carbonyl (C=O) groups excluding carboxylic acids is 1. The summed E-state index contributed by atoms with van der Waals surface area (Å²) in [6.45, 7) is 3.95. The van der Waals surface area contributed by atoms with E-state index >= 15 is 0 Å². The third-order valence-corrected chi connectivity index (χ3v) is 4.40. The predicted octanol–water partition coefficient (Wildman–Crippen LogP) is 2.83. The molecule has 0 spiro atoms. The molecule has 1 atom stereocenters. The molecule has 0 radical (unpaired) electrons. The molecule has 0 aromatic heterocycles. The first-order chi connectivity index (χ1) is 10.1. The van der Waals surface area contributed by atoms with Crippen LogP contribution in [-0.4, -0.2) is 33.2 Å². The number of benzene rings is 1. The van der Waals surface area contributed by atoms with E-state index in [0.29, 0.717) is 0 Å². The molecule has 1 aromatic carbocycles. The Morgan fingerprint density at radius 2 is 2.29 bits per heavy atom. The lowest BCUT2D eigenvalue weighted by molar-refractivity contribution is -0.129. The van der Waals surface area contributed by atoms with E-state index in [-0.39, 0.29) is 11.3 Å². The number of hydrogen-bond acceptors (Lipinski definition) is 3. The van der Waals surface area contributed by atoms with Crippen molar-refractivity contribution in [1.82, 2.24) is 5.32 Å². The number of methoxy groups -OCH3 is 1. The number of rotatable bonds is 5. The van der Waals surface area contributed by atoms with Crippen LogP contribution in [0, 0.1) is 5.41 Å². The van der Waals surface area contributed by atoms with Gasteiger partial charge in [-0.25, -0.2) is 0 Å². The summed E-state index contributed by atoms with van der Waals surface area (Å²) in [5.74, 6) is 0.989. The Balaban J connectivity index is 2.22. The Morgan fingerprint density at radius 3 is 2.90 bits per heavy atom. The number of carbonyl (C=O) groups is 1. The van der Waals surface area contributed by atoms with Crippen LogP contribution in [0.4, 0.5) is 5.69 Å². The molecule has 116 valence electrons. The molecule has 1 saturated heterocycles. The number of nitrogens with one attached hydrogen (secondary N) is 1. The van der Waals surface area contributed by atoms with Crippen molar-refractivity contribution in [3.05, 3.63) is 24.3 Å². The van der Waals surface area contributed by atoms with Crippen molar-refractivity contribution in [3.8, 4) is 5.75 Å². The van der Waals surface area contributed by atoms with Crippen LogP contribution >= 0.6 is 0 Å². The minimum Gasteiger partial charge on any atom is -0.497 e. The average Bonchev–Trinajstić information content (AvgIpc) is 2.54. The van der Waals surface area contributed by atoms with Crippen molar-refractivity contribution in [2.45, 2.75) is 32.6 Å². The van der Waals surface area contributed by atoms with E-state index in [0.717, 1.165) is 50.2 Å². The molecule has 21 heavy (non-hydrogen) atoms. The number of hydrogen-bond donors (Lipinski definition) is 1. The third-order valence-electron chi connectivity index (χ3n) is 4.40. The minimum absolute atomic E-state index is 0.213. The Bertz CT molecular complexity index is 476. The Morgan fingerprint density at radius 1 is 1.48 bits per heavy atom. The van der Waals surface area contributed by atoms with Gasteiger partial charge in [0.15, 0.2) is 0 Å². The zero-order valence-electron chi connectivity index (χ0n) is 13.3. The van der Waals surface area contributed by atoms with Crippen LogP contribution in [0.3, 0.4) is 0 Å². The standard InChI is InChI=1S/C17H26N2O2/c1-4-9-17(10-6-11-18-13-17)16(20)19(2)14-7-5-8-15(12-14)21-3/h5,7-8,12,18H,4,6,9-11,13H2,1-3H3. The third kappa shape index (κ3) is 3.38. The quantitative estimate of drug-likeness (QED) is 0.906. The van der Waals surface area contributed by atoms with E-state index in [4.69, 9.17) is 4.74 Å². The molecule has 1 fully saturated rings. The highest BCUT2D eigenvalue weighted by Crippen LogP contribution is 2.35. The molecule has 1 aliphatic heterocycles. The second-order valence-corrected chi connectivity index (χ2v) is 5.88. The zero-order valence-corrected chi connectivity index (χ0v) is 13.3. The number of ether oxygens (including phenoxy) is 1. The summed E-state index contributed by atoms with van der Waals surface area (Å²) in [6.07, 6.45) is 4.01. The van der Waals surface area contributed by atoms with Crippen LogP contribution in [-0.2, 0) is 4.79 Å². The largest absolute Gasteiger partial charge is 0.497 e. The maximum Gasteiger partial charge on any atom is 0.234 e. The molecule has 1 N–H and O–H groups in total. The summed E-state index contributed by atoms with van der Waals surface area (Å²) < 4.78 is 5.25. The van der Waals surface area contributed by atoms with Gasteiger partial charge in [0.25, 0.3) is 0 Å². The highest BCUT2D eigenvalue weighted by atomic mass is 16.5. The minimum atomic E-state index is -0.259. The SMILES string of the molecule is CCCC1(C(=O)N(C)c2cccc(OC)c2)CCCNC1. The molecule has 0 bridgehead atoms. The predicted molar refractivity (Wildman–Crippen MR) is 85.8 cm³/mol. The first-order valence-electron chi connectivity index (χ1n) is 7.76. The van der Waals surface area contributed by atoms with Gasteiger partial charge in [0.1, 0.15) is 5.75 Å². The van der Waals surface area contributed by atoms with Gasteiger partial charge in [-0.15, -0.1) is 0 Å². The number of anilines is 1. The normalized spacial score (nSPS) is 21.9. The molecule has 4 nitrogen and oxygen atoms in total. The maximum absolute atomic E-state index is 13.1. The van der Waals surface area contributed by atoms with E-state index in [1.54, 1.807) is 12.0 Å². The summed E-state index contributed by atoms with van der Waals surface area (Å²) in [7, 11) is 3.51. The van der Waals surface area contributed by atoms with Gasteiger partial charge < -0.3 is 15.0 Å². The monoisotopic (exact) mass is 290 g/mol. The van der Waals surface area contributed by atoms with E-state index in [1.807, 2.05) is 31.3 Å². The number of piperidine rings is 1. The second kappa shape index (κ2) is 6.94. The van der Waals surface area contributed by atoms with E-state index in [9.17, 15) is 4.79 Å². The van der Waals surface area contributed by atoms with Gasteiger partial charge in [-0.05, 0) is 37.9 Å². The smallest absolute Gasteiger partial charge is 0.234 e. The molecule has 0 saturated carbocycles. The lowest BCUT2D eigenvalue weighted by atomic mass is 9.75. The van der Waals surface area contributed by atoms with Crippen LogP contribution in [0.15, 0.2) is 24.3 Å². The summed E-state index contributed by atoms with van der Waals surface area (Å²) in [4.78, 5) is 14.8. The Labute approximate surface area is 127 Å². The molecule has 1 heterocycles. The fraction of sp³-hybridized carbons (Fsp3) is 0.588. The van der Waals surface area contributed by atoms with E-state index < -0.39 is 0 Å². The van der Waals surface area contributed by atoms with E-state index in [1.165, 1.54) is 0 Å². The van der Waals surface area contributed by atoms with Gasteiger partial charge in [0.05, 0.1) is 12.5 Å². The number of nitrogens with zero attached hydrogens (tertiary/aromatic N) is 1. The topological polar surface area (TPSA) is 41.6 Å². The highest BCUT2D eigenvalue weighted by Gasteiger charge is 2.40. The average molecular weight is 290 g/mol. The molecule has 4 heteroatoms. The van der Waals surface area contributed by atoms with Crippen LogP contribution in [0.2, 0.25) is 0 Å². The molecule has 2 rings (SSSR count). The summed E-state index contributed by atoms with van der Waals surface area (Å²) in [6, 6.07) is 7.68. The van der Waals surface area contributed by atoms with Crippen molar-refractivity contribution in [2.24, 2.45) is 5.41 Å². The van der Waals surface area contributed by atoms with Crippen molar-refractivity contribution < 1.29 is 9.53 Å². The zero-order chi connectivity index (χ0) is 15.3. The van der Waals surface area contributed by atoms with Crippen molar-refractivity contribution >= 4 is 11.6 Å². The number of amides is 1. The van der Waals surface area contributed by atoms with Crippen molar-refractivity contribution in [3.63, 3.8) is 0 Å². The summed E-state index contributed by atoms with van der Waals surface area (Å²) in [5.41, 5.74) is 0.630. The van der Waals surface area contributed by atoms with Gasteiger partial charge in [-0.3, -0.25) is 4.79 Å². The molecule has 1 amide bonds. The first kappa shape index (κ1) is 15.8. The maximum atomic E-state index is 13.1. The molecular formula is C17H26N2O2. The molecular weight excluding hydrogens is 264 g/mol. The first-order valence-corrected chi connectivity index (χ1v) is 7.76. The van der Waals surface area contributed by atoms with Gasteiger partial charge in [-0.1, -0.05) is 19.4 Å². The summed E-state index contributed by atoms with van der Waals surface area (Å²) >= 11 is 0. The van der Waals surface area contributed by atoms with Crippen LogP contribution < -0.4 is 15.0 Å². The fourth-order valence-corrected chi connectivity index (χ4v) is 3.24. The lowest BCUT2D eigenvalue weighted by Crippen LogP contribution is -2.51. The van der Waals surface area contributed by atoms with Crippen LogP contribution in [0.25, 0.3) is 0 Å². The van der Waals surface area contributed by atoms with Gasteiger partial charge in [0.2, 0.25) is 5.91 Å². The van der Waals surface area contributed by atoms with E-state index in [2.05, 4.69) is 12.2 Å². The Kier molecular flexibility index (Phi) is 5.23. The summed E-state index contributed by atoms with van der Waals surface area (Å²) in [5, 5.41) is 3.40. The second-order valence-electron chi connectivity index (χ2n) is 5.88. The molecule has 0 aliphatic carbocycles. The fourth-order valence-electron chi connectivity index (χ4n) is 3.24. The van der Waals surface area contributed by atoms with Gasteiger partial charge in [-0.2, -0.15) is 0 Å². The van der Waals surface area contributed by atoms with Crippen molar-refractivity contribution in [2.75, 3.05) is 32.1 Å². The Hall–Kier alpha value is -1.55. The molecule has 1 aliphatic rings. The van der Waals surface area contributed by atoms with Crippen LogP contribution in [0.5, 0.6) is 5.75 Å². The van der Waals surface area contributed by atoms with Gasteiger partial charge in [0, 0.05) is 25.3 Å². The molecule has 1 unspecified atom stereocenters. The lowest BCUT2D eigenvalue weighted by Gasteiger charge is -2.39. The van der Waals surface area contributed by atoms with Gasteiger partial charge >= 0.3 is 0 Å². The molecule has 1 aromatic rings.